The summed E-state index contributed by atoms with van der Waals surface area (Å²) in [6.07, 6.45) is 0. The highest BCUT2D eigenvalue weighted by molar-refractivity contribution is 7.85. The van der Waals surface area contributed by atoms with Gasteiger partial charge in [-0.15, -0.1) is 0 Å². The van der Waals surface area contributed by atoms with Crippen molar-refractivity contribution >= 4 is 27.5 Å². The van der Waals surface area contributed by atoms with E-state index in [0.29, 0.717) is 5.69 Å². The molecule has 1 aliphatic rings. The number of carbonyl (C=O) groups is 2. The first kappa shape index (κ1) is 18.3. The fourth-order valence-electron chi connectivity index (χ4n) is 2.92. The fraction of sp³-hybridized carbons (Fsp3) is 0.263. The van der Waals surface area contributed by atoms with Gasteiger partial charge in [-0.05, 0) is 34.7 Å². The summed E-state index contributed by atoms with van der Waals surface area (Å²) in [5.41, 5.74) is 2.24. The third-order valence-corrected chi connectivity index (χ3v) is 5.22. The van der Waals surface area contributed by atoms with E-state index in [9.17, 15) is 18.0 Å². The molecular weight excluding hydrogens is 354 g/mol. The molecule has 0 radical (unpaired) electrons. The van der Waals surface area contributed by atoms with Crippen molar-refractivity contribution in [2.45, 2.75) is 37.6 Å². The Balaban J connectivity index is 1.99. The topological polar surface area (TPSA) is 91.8 Å². The highest BCUT2D eigenvalue weighted by Crippen LogP contribution is 2.33. The first-order valence-electron chi connectivity index (χ1n) is 8.05. The van der Waals surface area contributed by atoms with E-state index in [0.717, 1.165) is 17.2 Å². The van der Waals surface area contributed by atoms with Gasteiger partial charge in [-0.2, -0.15) is 8.42 Å². The van der Waals surface area contributed by atoms with Crippen LogP contribution in [0.5, 0.6) is 0 Å². The van der Waals surface area contributed by atoms with E-state index in [1.807, 2.05) is 24.3 Å². The predicted molar refractivity (Wildman–Crippen MR) is 96.9 cm³/mol. The fourth-order valence-corrected chi connectivity index (χ4v) is 3.42. The van der Waals surface area contributed by atoms with Crippen molar-refractivity contribution in [1.82, 2.24) is 0 Å². The van der Waals surface area contributed by atoms with Gasteiger partial charge < -0.3 is 4.90 Å². The molecule has 0 saturated carbocycles. The second kappa shape index (κ2) is 6.03. The highest BCUT2D eigenvalue weighted by Gasteiger charge is 2.36. The van der Waals surface area contributed by atoms with Crippen molar-refractivity contribution in [2.75, 3.05) is 4.90 Å². The number of nitrogens with zero attached hydrogens (tertiary/aromatic N) is 1. The van der Waals surface area contributed by atoms with E-state index in [4.69, 9.17) is 4.55 Å². The number of rotatable bonds is 3. The number of anilines is 1. The highest BCUT2D eigenvalue weighted by atomic mass is 32.2. The smallest absolute Gasteiger partial charge is 0.299 e. The second-order valence-electron chi connectivity index (χ2n) is 7.32. The van der Waals surface area contributed by atoms with Crippen LogP contribution in [-0.2, 0) is 26.9 Å². The summed E-state index contributed by atoms with van der Waals surface area (Å²) in [6.45, 7) is 6.46. The molecule has 3 rings (SSSR count). The molecule has 26 heavy (non-hydrogen) atoms. The summed E-state index contributed by atoms with van der Waals surface area (Å²) >= 11 is 0. The van der Waals surface area contributed by atoms with Crippen LogP contribution in [0.15, 0.2) is 47.4 Å². The largest absolute Gasteiger partial charge is 0.300 e. The molecule has 0 aliphatic carbocycles. The van der Waals surface area contributed by atoms with Gasteiger partial charge in [0.2, 0.25) is 0 Å². The van der Waals surface area contributed by atoms with Crippen molar-refractivity contribution < 1.29 is 22.6 Å². The number of benzene rings is 2. The lowest BCUT2D eigenvalue weighted by atomic mass is 9.86. The van der Waals surface area contributed by atoms with Gasteiger partial charge in [-0.3, -0.25) is 14.1 Å². The van der Waals surface area contributed by atoms with Crippen molar-refractivity contribution in [3.8, 4) is 0 Å². The van der Waals surface area contributed by atoms with Crippen LogP contribution in [0.2, 0.25) is 0 Å². The Hall–Kier alpha value is -2.51. The van der Waals surface area contributed by atoms with Crippen LogP contribution in [0.1, 0.15) is 42.3 Å². The molecular formula is C19H19NO5S. The van der Waals surface area contributed by atoms with Crippen LogP contribution in [0, 0.1) is 0 Å². The molecule has 0 bridgehead atoms. The number of ketones is 1. The van der Waals surface area contributed by atoms with Gasteiger partial charge in [0.15, 0.2) is 0 Å². The average Bonchev–Trinajstić information content (AvgIpc) is 2.78. The van der Waals surface area contributed by atoms with Crippen LogP contribution >= 0.6 is 0 Å². The summed E-state index contributed by atoms with van der Waals surface area (Å²) in [7, 11) is -4.45. The molecule has 0 unspecified atom stereocenters. The lowest BCUT2D eigenvalue weighted by molar-refractivity contribution is -0.114. The summed E-state index contributed by atoms with van der Waals surface area (Å²) < 4.78 is 31.7. The lowest BCUT2D eigenvalue weighted by Crippen LogP contribution is -2.29. The first-order chi connectivity index (χ1) is 12.0. The molecule has 136 valence electrons. The molecule has 0 atom stereocenters. The third kappa shape index (κ3) is 3.27. The summed E-state index contributed by atoms with van der Waals surface area (Å²) in [6, 6.07) is 11.4. The molecule has 7 heteroatoms. The molecule has 2 aromatic carbocycles. The van der Waals surface area contributed by atoms with Crippen LogP contribution in [0.4, 0.5) is 5.69 Å². The Morgan fingerprint density at radius 2 is 1.73 bits per heavy atom. The van der Waals surface area contributed by atoms with Gasteiger partial charge in [-0.1, -0.05) is 45.0 Å². The summed E-state index contributed by atoms with van der Waals surface area (Å²) in [5, 5.41) is 0. The number of fused-ring (bicyclic) bond motifs is 1. The zero-order valence-corrected chi connectivity index (χ0v) is 15.5. The van der Waals surface area contributed by atoms with Crippen molar-refractivity contribution in [1.29, 1.82) is 0 Å². The van der Waals surface area contributed by atoms with Gasteiger partial charge in [0.1, 0.15) is 0 Å². The Morgan fingerprint density at radius 3 is 2.35 bits per heavy atom. The Morgan fingerprint density at radius 1 is 1.04 bits per heavy atom. The predicted octanol–water partition coefficient (Wildman–Crippen LogP) is 2.96. The Bertz CT molecular complexity index is 1020. The molecule has 0 saturated heterocycles. The SMILES string of the molecule is CC(C)(C)c1cccc(CN2C(=O)C(=O)c3cc(S(=O)(=O)O)ccc32)c1. The van der Waals surface area contributed by atoms with Gasteiger partial charge >= 0.3 is 0 Å². The molecule has 6 nitrogen and oxygen atoms in total. The summed E-state index contributed by atoms with van der Waals surface area (Å²) in [5.74, 6) is -1.49. The molecule has 0 spiro atoms. The molecule has 0 fully saturated rings. The Labute approximate surface area is 152 Å². The summed E-state index contributed by atoms with van der Waals surface area (Å²) in [4.78, 5) is 25.5. The minimum atomic E-state index is -4.45. The van der Waals surface area contributed by atoms with E-state index >= 15 is 0 Å². The quantitative estimate of drug-likeness (QED) is 0.660. The van der Waals surface area contributed by atoms with Crippen LogP contribution in [-0.4, -0.2) is 24.7 Å². The Kier molecular flexibility index (Phi) is 4.24. The third-order valence-electron chi connectivity index (χ3n) is 4.37. The van der Waals surface area contributed by atoms with Gasteiger partial charge in [0, 0.05) is 0 Å². The maximum Gasteiger partial charge on any atom is 0.299 e. The molecule has 1 N–H and O–H groups in total. The number of amides is 1. The number of hydrogen-bond acceptors (Lipinski definition) is 4. The second-order valence-corrected chi connectivity index (χ2v) is 8.75. The molecule has 1 heterocycles. The van der Waals surface area contributed by atoms with Crippen LogP contribution in [0.25, 0.3) is 0 Å². The first-order valence-corrected chi connectivity index (χ1v) is 9.49. The van der Waals surface area contributed by atoms with Crippen LogP contribution in [0.3, 0.4) is 0 Å². The van der Waals surface area contributed by atoms with E-state index < -0.39 is 26.7 Å². The molecule has 1 amide bonds. The number of hydrogen-bond donors (Lipinski definition) is 1. The normalized spacial score (nSPS) is 14.7. The average molecular weight is 373 g/mol. The van der Waals surface area contributed by atoms with Gasteiger partial charge in [-0.25, -0.2) is 0 Å². The van der Waals surface area contributed by atoms with Crippen LogP contribution < -0.4 is 4.90 Å². The van der Waals surface area contributed by atoms with E-state index in [-0.39, 0.29) is 17.5 Å². The number of carbonyl (C=O) groups excluding carboxylic acids is 2. The molecule has 2 aromatic rings. The zero-order chi connectivity index (χ0) is 19.3. The lowest BCUT2D eigenvalue weighted by Gasteiger charge is -2.21. The van der Waals surface area contributed by atoms with Crippen molar-refractivity contribution in [3.05, 3.63) is 59.2 Å². The van der Waals surface area contributed by atoms with E-state index in [1.54, 1.807) is 0 Å². The van der Waals surface area contributed by atoms with Gasteiger partial charge in [0.25, 0.3) is 21.8 Å². The maximum absolute atomic E-state index is 12.4. The monoisotopic (exact) mass is 373 g/mol. The zero-order valence-electron chi connectivity index (χ0n) is 14.7. The van der Waals surface area contributed by atoms with E-state index in [2.05, 4.69) is 20.8 Å². The minimum Gasteiger partial charge on any atom is -0.300 e. The van der Waals surface area contributed by atoms with Crippen molar-refractivity contribution in [3.63, 3.8) is 0 Å². The molecule has 0 aromatic heterocycles. The standard InChI is InChI=1S/C19H19NO5S/c1-19(2,3)13-6-4-5-12(9-13)11-20-16-8-7-14(26(23,24)25)10-15(16)17(21)18(20)22/h4-10H,11H2,1-3H3,(H,23,24,25). The molecule has 1 aliphatic heterocycles. The van der Waals surface area contributed by atoms with E-state index in [1.165, 1.54) is 17.0 Å². The van der Waals surface area contributed by atoms with Crippen molar-refractivity contribution in [2.24, 2.45) is 0 Å². The minimum absolute atomic E-state index is 0.0166. The maximum atomic E-state index is 12.4. The number of Topliss-reactive ketones (excluding diaryl/α,β-unsaturated/α-hetero) is 1. The van der Waals surface area contributed by atoms with Gasteiger partial charge in [0.05, 0.1) is 22.7 Å².